The van der Waals surface area contributed by atoms with Crippen LogP contribution < -0.4 is 14.8 Å². The third kappa shape index (κ3) is 5.15. The van der Waals surface area contributed by atoms with Crippen LogP contribution in [0.3, 0.4) is 0 Å². The van der Waals surface area contributed by atoms with Gasteiger partial charge in [0.2, 0.25) is 10.0 Å². The van der Waals surface area contributed by atoms with Gasteiger partial charge in [0.1, 0.15) is 11.4 Å². The fourth-order valence-electron chi connectivity index (χ4n) is 4.81. The van der Waals surface area contributed by atoms with Crippen LogP contribution in [0.15, 0.2) is 55.1 Å². The average molecular weight is 564 g/mol. The largest absolute Gasteiger partial charge is 0.494 e. The Morgan fingerprint density at radius 2 is 2.08 bits per heavy atom. The molecule has 2 N–H and O–H groups in total. The Labute approximate surface area is 230 Å². The first-order valence-electron chi connectivity index (χ1n) is 12.7. The number of fused-ring (bicyclic) bond motifs is 2. The highest BCUT2D eigenvalue weighted by Gasteiger charge is 2.21. The highest BCUT2D eigenvalue weighted by atomic mass is 32.2. The van der Waals surface area contributed by atoms with Gasteiger partial charge in [0.05, 0.1) is 60.1 Å². The molecule has 0 saturated carbocycles. The molecule has 1 aliphatic heterocycles. The van der Waals surface area contributed by atoms with E-state index >= 15 is 0 Å². The van der Waals surface area contributed by atoms with Crippen molar-refractivity contribution in [3.63, 3.8) is 0 Å². The lowest BCUT2D eigenvalue weighted by Crippen LogP contribution is -2.43. The van der Waals surface area contributed by atoms with Gasteiger partial charge in [-0.15, -0.1) is 5.10 Å². The van der Waals surface area contributed by atoms with Crippen molar-refractivity contribution in [1.29, 1.82) is 0 Å². The van der Waals surface area contributed by atoms with Gasteiger partial charge in [0.15, 0.2) is 11.5 Å². The van der Waals surface area contributed by atoms with Crippen molar-refractivity contribution < 1.29 is 17.9 Å². The van der Waals surface area contributed by atoms with Crippen LogP contribution in [0.1, 0.15) is 0 Å². The topological polar surface area (TPSA) is 141 Å². The fourth-order valence-corrected chi connectivity index (χ4v) is 5.37. The van der Waals surface area contributed by atoms with Gasteiger partial charge < -0.3 is 19.7 Å². The van der Waals surface area contributed by atoms with Crippen molar-refractivity contribution in [2.45, 2.75) is 6.10 Å². The SMILES string of the molecule is COc1cc(NS(C)(=O)=O)ccc1-n1nc(NCC2CN(C)CCO2)c2cnc(-c3cnn4cccnc34)cc21. The van der Waals surface area contributed by atoms with E-state index in [-0.39, 0.29) is 6.10 Å². The highest BCUT2D eigenvalue weighted by Crippen LogP contribution is 2.34. The summed E-state index contributed by atoms with van der Waals surface area (Å²) >= 11 is 0. The molecule has 1 aromatic carbocycles. The van der Waals surface area contributed by atoms with Crippen LogP contribution in [-0.2, 0) is 14.8 Å². The summed E-state index contributed by atoms with van der Waals surface area (Å²) in [6.45, 7) is 2.98. The summed E-state index contributed by atoms with van der Waals surface area (Å²) in [7, 11) is 0.152. The summed E-state index contributed by atoms with van der Waals surface area (Å²) in [5, 5.41) is 13.6. The number of likely N-dealkylation sites (N-methyl/N-ethyl adjacent to an activating group) is 1. The van der Waals surface area contributed by atoms with E-state index in [4.69, 9.17) is 19.6 Å². The van der Waals surface area contributed by atoms with Crippen LogP contribution in [0.5, 0.6) is 5.75 Å². The normalized spacial score (nSPS) is 16.4. The molecule has 4 aromatic heterocycles. The van der Waals surface area contributed by atoms with Crippen LogP contribution in [0.25, 0.3) is 33.5 Å². The molecule has 0 bridgehead atoms. The minimum atomic E-state index is -3.46. The lowest BCUT2D eigenvalue weighted by atomic mass is 10.2. The summed E-state index contributed by atoms with van der Waals surface area (Å²) in [4.78, 5) is 11.4. The van der Waals surface area contributed by atoms with Crippen LogP contribution in [0.4, 0.5) is 11.5 Å². The van der Waals surface area contributed by atoms with E-state index in [1.165, 1.54) is 7.11 Å². The first-order valence-corrected chi connectivity index (χ1v) is 14.6. The summed E-state index contributed by atoms with van der Waals surface area (Å²) < 4.78 is 41.1. The Morgan fingerprint density at radius 1 is 1.20 bits per heavy atom. The zero-order valence-electron chi connectivity index (χ0n) is 22.3. The average Bonchev–Trinajstić information content (AvgIpc) is 3.52. The predicted octanol–water partition coefficient (Wildman–Crippen LogP) is 2.25. The molecule has 0 radical (unpaired) electrons. The number of aromatic nitrogens is 6. The predicted molar refractivity (Wildman–Crippen MR) is 152 cm³/mol. The molecular weight excluding hydrogens is 534 g/mol. The molecule has 40 heavy (non-hydrogen) atoms. The number of pyridine rings is 1. The number of morpholine rings is 1. The number of sulfonamides is 1. The quantitative estimate of drug-likeness (QED) is 0.289. The molecule has 13 nitrogen and oxygen atoms in total. The number of rotatable bonds is 8. The van der Waals surface area contributed by atoms with Crippen molar-refractivity contribution in [2.75, 3.05) is 56.7 Å². The first-order chi connectivity index (χ1) is 19.3. The zero-order chi connectivity index (χ0) is 27.9. The molecule has 0 spiro atoms. The van der Waals surface area contributed by atoms with Crippen LogP contribution in [0, 0.1) is 0 Å². The number of nitrogens with zero attached hydrogens (tertiary/aromatic N) is 7. The van der Waals surface area contributed by atoms with Crippen molar-refractivity contribution in [3.8, 4) is 22.7 Å². The highest BCUT2D eigenvalue weighted by molar-refractivity contribution is 7.92. The van der Waals surface area contributed by atoms with Gasteiger partial charge in [-0.2, -0.15) is 5.10 Å². The van der Waals surface area contributed by atoms with Gasteiger partial charge >= 0.3 is 0 Å². The van der Waals surface area contributed by atoms with Crippen molar-refractivity contribution >= 4 is 38.1 Å². The number of ether oxygens (including phenoxy) is 2. The summed E-state index contributed by atoms with van der Waals surface area (Å²) in [6.07, 6.45) is 8.18. The zero-order valence-corrected chi connectivity index (χ0v) is 23.1. The van der Waals surface area contributed by atoms with Gasteiger partial charge in [-0.1, -0.05) is 0 Å². The molecule has 1 aliphatic rings. The number of nitrogens with one attached hydrogen (secondary N) is 2. The van der Waals surface area contributed by atoms with Crippen LogP contribution in [0.2, 0.25) is 0 Å². The molecule has 0 amide bonds. The second-order valence-corrected chi connectivity index (χ2v) is 11.4. The second-order valence-electron chi connectivity index (χ2n) is 9.69. The molecular formula is C26H29N9O4S. The van der Waals surface area contributed by atoms with Crippen molar-refractivity contribution in [3.05, 3.63) is 55.1 Å². The van der Waals surface area contributed by atoms with Crippen molar-refractivity contribution in [2.24, 2.45) is 0 Å². The molecule has 1 fully saturated rings. The van der Waals surface area contributed by atoms with E-state index in [9.17, 15) is 8.42 Å². The van der Waals surface area contributed by atoms with Gasteiger partial charge in [-0.25, -0.2) is 22.6 Å². The molecule has 14 heteroatoms. The van der Waals surface area contributed by atoms with Gasteiger partial charge in [0.25, 0.3) is 0 Å². The number of methoxy groups -OCH3 is 1. The third-order valence-electron chi connectivity index (χ3n) is 6.67. The van der Waals surface area contributed by atoms with E-state index in [1.807, 2.05) is 18.3 Å². The van der Waals surface area contributed by atoms with Gasteiger partial charge in [-0.05, 0) is 31.3 Å². The Bertz CT molecular complexity index is 1800. The fraction of sp³-hybridized carbons (Fsp3) is 0.308. The minimum absolute atomic E-state index is 0.0203. The standard InChI is InChI=1S/C26H29N9O4S/c1-33-9-10-39-18(16-33)13-29-25-20-14-28-21(19-15-30-34-8-4-7-27-26(19)34)12-23(20)35(31-25)22-6-5-17(11-24(22)38-2)32-40(3,36)37/h4-8,11-12,14-15,18,32H,9-10,13,16H2,1-3H3,(H,29,31). The Morgan fingerprint density at radius 3 is 2.88 bits per heavy atom. The Hall–Kier alpha value is -4.27. The van der Waals surface area contributed by atoms with E-state index < -0.39 is 10.0 Å². The lowest BCUT2D eigenvalue weighted by Gasteiger charge is -2.30. The van der Waals surface area contributed by atoms with E-state index in [2.05, 4.69) is 32.1 Å². The van der Waals surface area contributed by atoms with Gasteiger partial charge in [0, 0.05) is 44.3 Å². The summed E-state index contributed by atoms with van der Waals surface area (Å²) in [5.74, 6) is 1.09. The Balaban J connectivity index is 1.45. The molecule has 208 valence electrons. The third-order valence-corrected chi connectivity index (χ3v) is 7.28. The molecule has 5 aromatic rings. The van der Waals surface area contributed by atoms with Crippen LogP contribution in [-0.4, -0.2) is 95.4 Å². The maximum atomic E-state index is 11.8. The maximum Gasteiger partial charge on any atom is 0.229 e. The lowest BCUT2D eigenvalue weighted by molar-refractivity contribution is -0.0117. The maximum absolute atomic E-state index is 11.8. The Kier molecular flexibility index (Phi) is 6.73. The molecule has 0 aliphatic carbocycles. The monoisotopic (exact) mass is 563 g/mol. The van der Waals surface area contributed by atoms with E-state index in [1.54, 1.807) is 46.0 Å². The molecule has 6 rings (SSSR count). The molecule has 1 atom stereocenters. The number of anilines is 2. The number of hydrogen-bond donors (Lipinski definition) is 2. The second kappa shape index (κ2) is 10.4. The minimum Gasteiger partial charge on any atom is -0.494 e. The van der Waals surface area contributed by atoms with Gasteiger partial charge in [-0.3, -0.25) is 9.71 Å². The smallest absolute Gasteiger partial charge is 0.229 e. The molecule has 1 saturated heterocycles. The molecule has 5 heterocycles. The summed E-state index contributed by atoms with van der Waals surface area (Å²) in [6, 6.07) is 8.81. The van der Waals surface area contributed by atoms with E-state index in [0.717, 1.165) is 35.8 Å². The summed E-state index contributed by atoms with van der Waals surface area (Å²) in [5.41, 5.74) is 3.93. The first kappa shape index (κ1) is 26.0. The number of hydrogen-bond acceptors (Lipinski definition) is 10. The van der Waals surface area contributed by atoms with Crippen molar-refractivity contribution in [1.82, 2.24) is 34.3 Å². The van der Waals surface area contributed by atoms with E-state index in [0.29, 0.717) is 47.4 Å². The van der Waals surface area contributed by atoms with Crippen LogP contribution >= 0.6 is 0 Å². The molecule has 1 unspecified atom stereocenters. The number of benzene rings is 1.